The molecule has 0 saturated heterocycles. The van der Waals surface area contributed by atoms with Gasteiger partial charge in [0.1, 0.15) is 5.82 Å². The summed E-state index contributed by atoms with van der Waals surface area (Å²) in [4.78, 5) is 4.10. The zero-order valence-corrected chi connectivity index (χ0v) is 13.9. The Balaban J connectivity index is 1.90. The highest BCUT2D eigenvalue weighted by Crippen LogP contribution is 2.20. The van der Waals surface area contributed by atoms with Gasteiger partial charge >= 0.3 is 0 Å². The first-order chi connectivity index (χ1) is 9.92. The molecule has 1 aliphatic rings. The largest absolute Gasteiger partial charge is 0.337 e. The summed E-state index contributed by atoms with van der Waals surface area (Å²) in [6, 6.07) is 0.555. The standard InChI is InChI=1S/C14H26N4O2S/c1-4-9-15-12-5-7-13(8-6-12)17-21(19,20)14-10-18(3)11(2)16-14/h10,12-13,15,17H,4-9H2,1-3H3. The van der Waals surface area contributed by atoms with Crippen LogP contribution in [0.4, 0.5) is 0 Å². The van der Waals surface area contributed by atoms with E-state index in [-0.39, 0.29) is 11.1 Å². The molecule has 2 N–H and O–H groups in total. The molecule has 0 radical (unpaired) electrons. The first-order valence-electron chi connectivity index (χ1n) is 7.68. The quantitative estimate of drug-likeness (QED) is 0.830. The van der Waals surface area contributed by atoms with E-state index in [4.69, 9.17) is 0 Å². The van der Waals surface area contributed by atoms with Gasteiger partial charge in [0.05, 0.1) is 0 Å². The van der Waals surface area contributed by atoms with Gasteiger partial charge in [-0.15, -0.1) is 0 Å². The summed E-state index contributed by atoms with van der Waals surface area (Å²) in [5.41, 5.74) is 0. The topological polar surface area (TPSA) is 76.0 Å². The van der Waals surface area contributed by atoms with Crippen molar-refractivity contribution in [1.82, 2.24) is 19.6 Å². The molecule has 21 heavy (non-hydrogen) atoms. The van der Waals surface area contributed by atoms with Crippen molar-refractivity contribution in [3.63, 3.8) is 0 Å². The van der Waals surface area contributed by atoms with Crippen molar-refractivity contribution in [2.45, 2.75) is 63.1 Å². The van der Waals surface area contributed by atoms with Crippen LogP contribution in [-0.4, -0.2) is 36.6 Å². The molecule has 0 amide bonds. The molecule has 0 spiro atoms. The lowest BCUT2D eigenvalue weighted by molar-refractivity contribution is 0.330. The Kier molecular flexibility index (Phi) is 5.40. The molecular weight excluding hydrogens is 288 g/mol. The highest BCUT2D eigenvalue weighted by Gasteiger charge is 2.26. The highest BCUT2D eigenvalue weighted by molar-refractivity contribution is 7.89. The fraction of sp³-hybridized carbons (Fsp3) is 0.786. The Morgan fingerprint density at radius 2 is 1.90 bits per heavy atom. The average molecular weight is 314 g/mol. The van der Waals surface area contributed by atoms with Crippen LogP contribution in [0.3, 0.4) is 0 Å². The molecular formula is C14H26N4O2S. The van der Waals surface area contributed by atoms with Gasteiger partial charge in [0, 0.05) is 25.3 Å². The number of hydrogen-bond donors (Lipinski definition) is 2. The molecule has 2 rings (SSSR count). The summed E-state index contributed by atoms with van der Waals surface area (Å²) in [5, 5.41) is 3.62. The number of hydrogen-bond acceptors (Lipinski definition) is 4. The van der Waals surface area contributed by atoms with Crippen molar-refractivity contribution in [3.8, 4) is 0 Å². The van der Waals surface area contributed by atoms with Gasteiger partial charge < -0.3 is 9.88 Å². The van der Waals surface area contributed by atoms with Crippen molar-refractivity contribution < 1.29 is 8.42 Å². The van der Waals surface area contributed by atoms with Crippen LogP contribution in [0.5, 0.6) is 0 Å². The van der Waals surface area contributed by atoms with E-state index >= 15 is 0 Å². The third kappa shape index (κ3) is 4.28. The summed E-state index contributed by atoms with van der Waals surface area (Å²) in [7, 11) is -1.70. The number of aryl methyl sites for hydroxylation is 2. The van der Waals surface area contributed by atoms with Gasteiger partial charge in [0.25, 0.3) is 10.0 Å². The maximum absolute atomic E-state index is 12.3. The lowest BCUT2D eigenvalue weighted by Gasteiger charge is -2.29. The van der Waals surface area contributed by atoms with Gasteiger partial charge in [-0.2, -0.15) is 0 Å². The van der Waals surface area contributed by atoms with E-state index < -0.39 is 10.0 Å². The average Bonchev–Trinajstić information content (AvgIpc) is 2.78. The monoisotopic (exact) mass is 314 g/mol. The molecule has 0 aromatic carbocycles. The Bertz CT molecular complexity index is 540. The first-order valence-corrected chi connectivity index (χ1v) is 9.16. The number of aromatic nitrogens is 2. The predicted octanol–water partition coefficient (Wildman–Crippen LogP) is 1.32. The zero-order chi connectivity index (χ0) is 15.5. The summed E-state index contributed by atoms with van der Waals surface area (Å²) >= 11 is 0. The number of imidazole rings is 1. The normalized spacial score (nSPS) is 23.4. The van der Waals surface area contributed by atoms with Crippen molar-refractivity contribution in [1.29, 1.82) is 0 Å². The third-order valence-corrected chi connectivity index (χ3v) is 5.48. The molecule has 6 nitrogen and oxygen atoms in total. The van der Waals surface area contributed by atoms with Crippen molar-refractivity contribution >= 4 is 10.0 Å². The molecule has 7 heteroatoms. The van der Waals surface area contributed by atoms with E-state index in [1.807, 2.05) is 0 Å². The molecule has 0 bridgehead atoms. The Hall–Kier alpha value is -0.920. The van der Waals surface area contributed by atoms with Gasteiger partial charge in [-0.25, -0.2) is 18.1 Å². The summed E-state index contributed by atoms with van der Waals surface area (Å²) in [6.07, 6.45) is 6.50. The molecule has 1 aliphatic carbocycles. The Morgan fingerprint density at radius 3 is 2.43 bits per heavy atom. The SMILES string of the molecule is CCCNC1CCC(NS(=O)(=O)c2cn(C)c(C)n2)CC1. The van der Waals surface area contributed by atoms with Crippen LogP contribution in [0.2, 0.25) is 0 Å². The van der Waals surface area contributed by atoms with Gasteiger partial charge in [0.15, 0.2) is 5.03 Å². The number of nitrogens with one attached hydrogen (secondary N) is 2. The van der Waals surface area contributed by atoms with E-state index in [9.17, 15) is 8.42 Å². The van der Waals surface area contributed by atoms with Crippen molar-refractivity contribution in [2.75, 3.05) is 6.54 Å². The maximum Gasteiger partial charge on any atom is 0.259 e. The van der Waals surface area contributed by atoms with Crippen LogP contribution in [0, 0.1) is 6.92 Å². The van der Waals surface area contributed by atoms with Gasteiger partial charge in [-0.05, 0) is 45.6 Å². The van der Waals surface area contributed by atoms with Crippen molar-refractivity contribution in [3.05, 3.63) is 12.0 Å². The molecule has 1 aromatic rings. The fourth-order valence-corrected chi connectivity index (χ4v) is 4.04. The summed E-state index contributed by atoms with van der Waals surface area (Å²) in [5.74, 6) is 0.697. The Labute approximate surface area is 127 Å². The van der Waals surface area contributed by atoms with E-state index in [1.165, 1.54) is 0 Å². The first kappa shape index (κ1) is 16.5. The minimum atomic E-state index is -3.50. The lowest BCUT2D eigenvalue weighted by Crippen LogP contribution is -2.42. The van der Waals surface area contributed by atoms with E-state index in [0.717, 1.165) is 38.6 Å². The van der Waals surface area contributed by atoms with Gasteiger partial charge in [0.2, 0.25) is 0 Å². The van der Waals surface area contributed by atoms with Crippen LogP contribution in [0.25, 0.3) is 0 Å². The fourth-order valence-electron chi connectivity index (χ4n) is 2.70. The van der Waals surface area contributed by atoms with Crippen LogP contribution in [0.1, 0.15) is 44.9 Å². The van der Waals surface area contributed by atoms with Crippen LogP contribution in [-0.2, 0) is 17.1 Å². The molecule has 0 unspecified atom stereocenters. The molecule has 1 aromatic heterocycles. The van der Waals surface area contributed by atoms with Gasteiger partial charge in [-0.3, -0.25) is 0 Å². The molecule has 0 atom stereocenters. The molecule has 1 saturated carbocycles. The molecule has 1 fully saturated rings. The summed E-state index contributed by atoms with van der Waals surface area (Å²) in [6.45, 7) is 4.99. The van der Waals surface area contributed by atoms with E-state index in [1.54, 1.807) is 24.7 Å². The lowest BCUT2D eigenvalue weighted by atomic mass is 9.92. The minimum absolute atomic E-state index is 0.0250. The minimum Gasteiger partial charge on any atom is -0.337 e. The molecule has 0 aliphatic heterocycles. The second-order valence-corrected chi connectivity index (χ2v) is 7.52. The number of rotatable bonds is 6. The molecule has 1 heterocycles. The van der Waals surface area contributed by atoms with Crippen LogP contribution in [0.15, 0.2) is 11.2 Å². The summed E-state index contributed by atoms with van der Waals surface area (Å²) < 4.78 is 29.2. The second-order valence-electron chi connectivity index (χ2n) is 5.86. The van der Waals surface area contributed by atoms with E-state index in [2.05, 4.69) is 21.9 Å². The van der Waals surface area contributed by atoms with Crippen LogP contribution >= 0.6 is 0 Å². The smallest absolute Gasteiger partial charge is 0.259 e. The number of sulfonamides is 1. The second kappa shape index (κ2) is 6.89. The molecule has 120 valence electrons. The van der Waals surface area contributed by atoms with Gasteiger partial charge in [-0.1, -0.05) is 6.92 Å². The zero-order valence-electron chi connectivity index (χ0n) is 13.1. The number of nitrogens with zero attached hydrogens (tertiary/aromatic N) is 2. The van der Waals surface area contributed by atoms with Crippen LogP contribution < -0.4 is 10.0 Å². The van der Waals surface area contributed by atoms with E-state index in [0.29, 0.717) is 11.9 Å². The van der Waals surface area contributed by atoms with Crippen molar-refractivity contribution in [2.24, 2.45) is 7.05 Å². The maximum atomic E-state index is 12.3. The predicted molar refractivity (Wildman–Crippen MR) is 82.6 cm³/mol. The Morgan fingerprint density at radius 1 is 1.29 bits per heavy atom. The third-order valence-electron chi connectivity index (χ3n) is 4.09. The highest BCUT2D eigenvalue weighted by atomic mass is 32.2.